The molecule has 0 N–H and O–H groups in total. The predicted molar refractivity (Wildman–Crippen MR) is 40.7 cm³/mol. The molecule has 11 heavy (non-hydrogen) atoms. The molecule has 0 bridgehead atoms. The highest BCUT2D eigenvalue weighted by Gasteiger charge is 2.03. The molecule has 0 heterocycles. The molecule has 0 saturated heterocycles. The maximum absolute atomic E-state index is 10.6. The highest BCUT2D eigenvalue weighted by molar-refractivity contribution is 5.92. The maximum atomic E-state index is 10.6. The van der Waals surface area contributed by atoms with E-state index < -0.39 is 11.9 Å². The first-order valence-corrected chi connectivity index (χ1v) is 3.19. The lowest BCUT2D eigenvalue weighted by Crippen LogP contribution is -2.08. The van der Waals surface area contributed by atoms with E-state index in [0.29, 0.717) is 0 Å². The molecule has 0 aliphatic carbocycles. The van der Waals surface area contributed by atoms with Crippen LogP contribution >= 0.6 is 0 Å². The smallest absolute Gasteiger partial charge is 0.338 e. The Bertz CT molecular complexity index is 192. The fraction of sp³-hybridized carbons (Fsp3) is 0.250. The zero-order chi connectivity index (χ0) is 8.69. The summed E-state index contributed by atoms with van der Waals surface area (Å²) in [7, 11) is 0. The van der Waals surface area contributed by atoms with Crippen molar-refractivity contribution >= 4 is 11.9 Å². The van der Waals surface area contributed by atoms with Gasteiger partial charge in [-0.1, -0.05) is 12.2 Å². The van der Waals surface area contributed by atoms with Crippen LogP contribution in [-0.2, 0) is 14.3 Å². The first kappa shape index (κ1) is 9.62. The summed E-state index contributed by atoms with van der Waals surface area (Å²) in [5.74, 6) is -1.22. The van der Waals surface area contributed by atoms with Crippen LogP contribution < -0.4 is 0 Å². The molecule has 0 aliphatic heterocycles. The molecule has 0 amide bonds. The lowest BCUT2D eigenvalue weighted by Gasteiger charge is -1.94. The molecule has 0 atom stereocenters. The summed E-state index contributed by atoms with van der Waals surface area (Å²) < 4.78 is 4.30. The normalized spacial score (nSPS) is 9.55. The second kappa shape index (κ2) is 5.41. The van der Waals surface area contributed by atoms with Gasteiger partial charge in [0.2, 0.25) is 0 Å². The summed E-state index contributed by atoms with van der Waals surface area (Å²) in [4.78, 5) is 21.1. The molecule has 0 aromatic carbocycles. The summed E-state index contributed by atoms with van der Waals surface area (Å²) >= 11 is 0. The topological polar surface area (TPSA) is 43.4 Å². The monoisotopic (exact) mass is 154 g/mol. The molecule has 3 heteroatoms. The molecule has 0 radical (unpaired) electrons. The summed E-state index contributed by atoms with van der Waals surface area (Å²) in [5.41, 5.74) is 0. The molecule has 3 nitrogen and oxygen atoms in total. The first-order chi connectivity index (χ1) is 5.20. The fourth-order valence-electron chi connectivity index (χ4n) is 0.442. The van der Waals surface area contributed by atoms with Gasteiger partial charge in [0.25, 0.3) is 0 Å². The van der Waals surface area contributed by atoms with E-state index in [2.05, 4.69) is 11.3 Å². The van der Waals surface area contributed by atoms with E-state index in [1.165, 1.54) is 18.2 Å². The summed E-state index contributed by atoms with van der Waals surface area (Å²) in [5, 5.41) is 0. The SMILES string of the molecule is C=CCC(=O)OC(=O)/C=C/C. The minimum absolute atomic E-state index is 0.0588. The molecular formula is C8H10O3. The molecule has 60 valence electrons. The molecule has 0 aliphatic rings. The number of hydrogen-bond acceptors (Lipinski definition) is 3. The summed E-state index contributed by atoms with van der Waals surface area (Å²) in [6.07, 6.45) is 4.12. The third-order valence-corrected chi connectivity index (χ3v) is 0.828. The van der Waals surface area contributed by atoms with Gasteiger partial charge < -0.3 is 4.74 Å². The third kappa shape index (κ3) is 5.08. The Labute approximate surface area is 65.4 Å². The maximum Gasteiger partial charge on any atom is 0.338 e. The van der Waals surface area contributed by atoms with Crippen LogP contribution in [-0.4, -0.2) is 11.9 Å². The molecule has 0 fully saturated rings. The van der Waals surface area contributed by atoms with Gasteiger partial charge in [-0.2, -0.15) is 0 Å². The van der Waals surface area contributed by atoms with E-state index in [1.807, 2.05) is 0 Å². The number of carbonyl (C=O) groups excluding carboxylic acids is 2. The number of rotatable bonds is 3. The van der Waals surface area contributed by atoms with Gasteiger partial charge in [0, 0.05) is 6.08 Å². The Kier molecular flexibility index (Phi) is 4.73. The first-order valence-electron chi connectivity index (χ1n) is 3.19. The van der Waals surface area contributed by atoms with Crippen molar-refractivity contribution in [3.8, 4) is 0 Å². The number of hydrogen-bond donors (Lipinski definition) is 0. The second-order valence-corrected chi connectivity index (χ2v) is 1.79. The minimum atomic E-state index is -0.639. The molecule has 0 aromatic rings. The minimum Gasteiger partial charge on any atom is -0.390 e. The highest BCUT2D eigenvalue weighted by Crippen LogP contribution is 1.88. The molecular weight excluding hydrogens is 144 g/mol. The van der Waals surface area contributed by atoms with Crippen molar-refractivity contribution in [2.45, 2.75) is 13.3 Å². The van der Waals surface area contributed by atoms with Crippen LogP contribution in [0.2, 0.25) is 0 Å². The average Bonchev–Trinajstić information content (AvgIpc) is 1.87. The van der Waals surface area contributed by atoms with Crippen LogP contribution in [0, 0.1) is 0 Å². The highest BCUT2D eigenvalue weighted by atomic mass is 16.6. The Hall–Kier alpha value is -1.38. The lowest BCUT2D eigenvalue weighted by molar-refractivity contribution is -0.155. The zero-order valence-electron chi connectivity index (χ0n) is 6.37. The molecule has 0 rings (SSSR count). The Morgan fingerprint density at radius 3 is 2.64 bits per heavy atom. The molecule has 0 aromatic heterocycles. The van der Waals surface area contributed by atoms with Gasteiger partial charge in [-0.25, -0.2) is 4.79 Å². The van der Waals surface area contributed by atoms with Crippen LogP contribution in [0.25, 0.3) is 0 Å². The van der Waals surface area contributed by atoms with Gasteiger partial charge in [0.1, 0.15) is 0 Å². The number of esters is 2. The van der Waals surface area contributed by atoms with Gasteiger partial charge in [-0.3, -0.25) is 4.79 Å². The van der Waals surface area contributed by atoms with E-state index in [1.54, 1.807) is 6.92 Å². The quantitative estimate of drug-likeness (QED) is 0.265. The standard InChI is InChI=1S/C8H10O3/c1-3-5-7(9)11-8(10)6-4-2/h3-4,6H,1,5H2,2H3/b6-4+. The van der Waals surface area contributed by atoms with Crippen LogP contribution in [0.1, 0.15) is 13.3 Å². The van der Waals surface area contributed by atoms with E-state index in [4.69, 9.17) is 0 Å². The van der Waals surface area contributed by atoms with E-state index in [-0.39, 0.29) is 6.42 Å². The Balaban J connectivity index is 3.75. The van der Waals surface area contributed by atoms with E-state index in [0.717, 1.165) is 0 Å². The van der Waals surface area contributed by atoms with E-state index >= 15 is 0 Å². The van der Waals surface area contributed by atoms with Crippen LogP contribution in [0.15, 0.2) is 24.8 Å². The van der Waals surface area contributed by atoms with E-state index in [9.17, 15) is 9.59 Å². The van der Waals surface area contributed by atoms with Gasteiger partial charge in [-0.15, -0.1) is 6.58 Å². The Morgan fingerprint density at radius 1 is 1.55 bits per heavy atom. The van der Waals surface area contributed by atoms with Crippen molar-refractivity contribution in [2.75, 3.05) is 0 Å². The van der Waals surface area contributed by atoms with Gasteiger partial charge >= 0.3 is 11.9 Å². The van der Waals surface area contributed by atoms with Crippen molar-refractivity contribution in [3.63, 3.8) is 0 Å². The summed E-state index contributed by atoms with van der Waals surface area (Å²) in [6.45, 7) is 4.99. The number of carbonyl (C=O) groups is 2. The Morgan fingerprint density at radius 2 is 2.18 bits per heavy atom. The van der Waals surface area contributed by atoms with Crippen molar-refractivity contribution in [1.82, 2.24) is 0 Å². The van der Waals surface area contributed by atoms with Crippen molar-refractivity contribution in [1.29, 1.82) is 0 Å². The lowest BCUT2D eigenvalue weighted by atomic mass is 10.4. The largest absolute Gasteiger partial charge is 0.390 e. The number of allylic oxidation sites excluding steroid dienone is 1. The zero-order valence-corrected chi connectivity index (χ0v) is 6.37. The number of ether oxygens (including phenoxy) is 1. The second-order valence-electron chi connectivity index (χ2n) is 1.79. The van der Waals surface area contributed by atoms with Crippen LogP contribution in [0.3, 0.4) is 0 Å². The van der Waals surface area contributed by atoms with Gasteiger partial charge in [0.05, 0.1) is 6.42 Å². The van der Waals surface area contributed by atoms with Crippen molar-refractivity contribution in [3.05, 3.63) is 24.8 Å². The van der Waals surface area contributed by atoms with Gasteiger partial charge in [0.15, 0.2) is 0 Å². The fourth-order valence-corrected chi connectivity index (χ4v) is 0.442. The average molecular weight is 154 g/mol. The van der Waals surface area contributed by atoms with Crippen molar-refractivity contribution in [2.24, 2.45) is 0 Å². The molecule has 0 spiro atoms. The molecule has 0 unspecified atom stereocenters. The summed E-state index contributed by atoms with van der Waals surface area (Å²) in [6, 6.07) is 0. The van der Waals surface area contributed by atoms with Crippen molar-refractivity contribution < 1.29 is 14.3 Å². The van der Waals surface area contributed by atoms with Gasteiger partial charge in [-0.05, 0) is 6.92 Å². The van der Waals surface area contributed by atoms with Crippen LogP contribution in [0.5, 0.6) is 0 Å². The third-order valence-electron chi connectivity index (χ3n) is 0.828. The molecule has 0 saturated carbocycles. The van der Waals surface area contributed by atoms with Crippen LogP contribution in [0.4, 0.5) is 0 Å². The predicted octanol–water partition coefficient (Wildman–Crippen LogP) is 1.21.